The molecule has 0 radical (unpaired) electrons. The zero-order chi connectivity index (χ0) is 13.1. The number of nitrogens with zero attached hydrogens (tertiary/aromatic N) is 2. The number of aromatic hydroxyl groups is 1. The Labute approximate surface area is 111 Å². The number of imidazole rings is 1. The van der Waals surface area contributed by atoms with Gasteiger partial charge in [0, 0.05) is 24.5 Å². The van der Waals surface area contributed by atoms with Crippen LogP contribution in [0.1, 0.15) is 5.56 Å². The third-order valence-corrected chi connectivity index (χ3v) is 3.01. The molecule has 94 valence electrons. The summed E-state index contributed by atoms with van der Waals surface area (Å²) in [4.78, 5) is 4.41. The lowest BCUT2D eigenvalue weighted by molar-refractivity contribution is 0.474. The van der Waals surface area contributed by atoms with Crippen LogP contribution in [0.15, 0.2) is 67.0 Å². The highest BCUT2D eigenvalue weighted by molar-refractivity contribution is 5.55. The van der Waals surface area contributed by atoms with Gasteiger partial charge in [-0.15, -0.1) is 0 Å². The highest BCUT2D eigenvalue weighted by atomic mass is 16.3. The van der Waals surface area contributed by atoms with Gasteiger partial charge in [-0.2, -0.15) is 0 Å². The minimum Gasteiger partial charge on any atom is -0.508 e. The Morgan fingerprint density at radius 3 is 2.63 bits per heavy atom. The lowest BCUT2D eigenvalue weighted by Gasteiger charge is -2.08. The normalized spacial score (nSPS) is 10.5. The van der Waals surface area contributed by atoms with E-state index in [1.807, 2.05) is 48.7 Å². The van der Waals surface area contributed by atoms with Crippen molar-refractivity contribution in [1.29, 1.82) is 0 Å². The molecule has 0 aliphatic carbocycles. The Bertz CT molecular complexity index is 674. The molecule has 2 aromatic carbocycles. The third kappa shape index (κ3) is 2.50. The van der Waals surface area contributed by atoms with E-state index in [2.05, 4.69) is 9.55 Å². The van der Waals surface area contributed by atoms with Crippen molar-refractivity contribution in [3.05, 3.63) is 72.6 Å². The van der Waals surface area contributed by atoms with Crippen LogP contribution < -0.4 is 0 Å². The van der Waals surface area contributed by atoms with Crippen LogP contribution in [0.4, 0.5) is 0 Å². The first-order valence-electron chi connectivity index (χ1n) is 6.17. The molecule has 0 saturated heterocycles. The summed E-state index contributed by atoms with van der Waals surface area (Å²) in [6.45, 7) is 0.693. The topological polar surface area (TPSA) is 38.0 Å². The number of hydrogen-bond donors (Lipinski definition) is 1. The van der Waals surface area contributed by atoms with Crippen molar-refractivity contribution in [3.8, 4) is 17.1 Å². The minimum absolute atomic E-state index is 0.291. The SMILES string of the molecule is Oc1cccc(Cn2ccnc2-c2ccccc2)c1. The monoisotopic (exact) mass is 250 g/mol. The van der Waals surface area contributed by atoms with E-state index in [-0.39, 0.29) is 0 Å². The first-order chi connectivity index (χ1) is 9.33. The van der Waals surface area contributed by atoms with Gasteiger partial charge < -0.3 is 9.67 Å². The molecule has 0 spiro atoms. The summed E-state index contributed by atoms with van der Waals surface area (Å²) in [6.07, 6.45) is 3.75. The van der Waals surface area contributed by atoms with Gasteiger partial charge in [-0.1, -0.05) is 42.5 Å². The Morgan fingerprint density at radius 1 is 1.00 bits per heavy atom. The van der Waals surface area contributed by atoms with Gasteiger partial charge in [0.1, 0.15) is 11.6 Å². The average Bonchev–Trinajstić information content (AvgIpc) is 2.88. The van der Waals surface area contributed by atoms with E-state index in [0.717, 1.165) is 17.0 Å². The fourth-order valence-corrected chi connectivity index (χ4v) is 2.14. The van der Waals surface area contributed by atoms with Crippen molar-refractivity contribution >= 4 is 0 Å². The summed E-state index contributed by atoms with van der Waals surface area (Å²) >= 11 is 0. The summed E-state index contributed by atoms with van der Waals surface area (Å²) in [5.74, 6) is 1.22. The van der Waals surface area contributed by atoms with Gasteiger partial charge in [-0.25, -0.2) is 4.98 Å². The largest absolute Gasteiger partial charge is 0.508 e. The Morgan fingerprint density at radius 2 is 1.84 bits per heavy atom. The maximum Gasteiger partial charge on any atom is 0.140 e. The zero-order valence-corrected chi connectivity index (χ0v) is 10.4. The first kappa shape index (κ1) is 11.5. The Kier molecular flexibility index (Phi) is 3.02. The molecule has 1 aromatic heterocycles. The standard InChI is InChI=1S/C16H14N2O/c19-15-8-4-5-13(11-15)12-18-10-9-17-16(18)14-6-2-1-3-7-14/h1-11,19H,12H2. The molecule has 3 nitrogen and oxygen atoms in total. The van der Waals surface area contributed by atoms with E-state index in [9.17, 15) is 5.11 Å². The molecule has 0 unspecified atom stereocenters. The van der Waals surface area contributed by atoms with E-state index in [1.165, 1.54) is 0 Å². The molecular weight excluding hydrogens is 236 g/mol. The average molecular weight is 250 g/mol. The Balaban J connectivity index is 1.93. The number of phenolic OH excluding ortho intramolecular Hbond substituents is 1. The highest BCUT2D eigenvalue weighted by Crippen LogP contribution is 2.19. The van der Waals surface area contributed by atoms with Gasteiger partial charge in [-0.05, 0) is 17.7 Å². The minimum atomic E-state index is 0.291. The molecule has 0 aliphatic heterocycles. The van der Waals surface area contributed by atoms with Crippen LogP contribution in [0.5, 0.6) is 5.75 Å². The predicted molar refractivity (Wildman–Crippen MR) is 74.9 cm³/mol. The van der Waals surface area contributed by atoms with E-state index < -0.39 is 0 Å². The van der Waals surface area contributed by atoms with Crippen molar-refractivity contribution in [3.63, 3.8) is 0 Å². The van der Waals surface area contributed by atoms with Crippen LogP contribution >= 0.6 is 0 Å². The molecule has 0 aliphatic rings. The fourth-order valence-electron chi connectivity index (χ4n) is 2.14. The first-order valence-corrected chi connectivity index (χ1v) is 6.17. The van der Waals surface area contributed by atoms with Crippen molar-refractivity contribution < 1.29 is 5.11 Å². The van der Waals surface area contributed by atoms with Crippen LogP contribution in [-0.4, -0.2) is 14.7 Å². The predicted octanol–water partition coefficient (Wildman–Crippen LogP) is 3.30. The summed E-state index contributed by atoms with van der Waals surface area (Å²) in [5, 5.41) is 9.50. The zero-order valence-electron chi connectivity index (χ0n) is 10.4. The molecule has 0 atom stereocenters. The summed E-state index contributed by atoms with van der Waals surface area (Å²) in [7, 11) is 0. The second kappa shape index (κ2) is 4.98. The quantitative estimate of drug-likeness (QED) is 0.774. The van der Waals surface area contributed by atoms with Gasteiger partial charge in [-0.3, -0.25) is 0 Å². The molecule has 0 bridgehead atoms. The van der Waals surface area contributed by atoms with Crippen LogP contribution in [0.2, 0.25) is 0 Å². The van der Waals surface area contributed by atoms with E-state index in [4.69, 9.17) is 0 Å². The summed E-state index contributed by atoms with van der Waals surface area (Å²) in [6, 6.07) is 17.4. The molecule has 3 heteroatoms. The second-order valence-electron chi connectivity index (χ2n) is 4.41. The molecule has 1 heterocycles. The molecule has 19 heavy (non-hydrogen) atoms. The lowest BCUT2D eigenvalue weighted by atomic mass is 10.2. The molecule has 1 N–H and O–H groups in total. The van der Waals surface area contributed by atoms with Crippen LogP contribution in [0, 0.1) is 0 Å². The number of hydrogen-bond acceptors (Lipinski definition) is 2. The molecule has 0 amide bonds. The number of rotatable bonds is 3. The maximum atomic E-state index is 9.50. The molecule has 0 saturated carbocycles. The van der Waals surface area contributed by atoms with Crippen molar-refractivity contribution in [1.82, 2.24) is 9.55 Å². The van der Waals surface area contributed by atoms with Crippen LogP contribution in [-0.2, 0) is 6.54 Å². The van der Waals surface area contributed by atoms with Crippen molar-refractivity contribution in [2.75, 3.05) is 0 Å². The van der Waals surface area contributed by atoms with Gasteiger partial charge >= 0.3 is 0 Å². The third-order valence-electron chi connectivity index (χ3n) is 3.01. The maximum absolute atomic E-state index is 9.50. The van der Waals surface area contributed by atoms with Crippen molar-refractivity contribution in [2.24, 2.45) is 0 Å². The van der Waals surface area contributed by atoms with Gasteiger partial charge in [0.2, 0.25) is 0 Å². The number of phenols is 1. The highest BCUT2D eigenvalue weighted by Gasteiger charge is 2.05. The lowest BCUT2D eigenvalue weighted by Crippen LogP contribution is -2.00. The summed E-state index contributed by atoms with van der Waals surface area (Å²) in [5.41, 5.74) is 2.14. The second-order valence-corrected chi connectivity index (χ2v) is 4.41. The number of benzene rings is 2. The van der Waals surface area contributed by atoms with Gasteiger partial charge in [0.15, 0.2) is 0 Å². The number of aromatic nitrogens is 2. The van der Waals surface area contributed by atoms with E-state index in [0.29, 0.717) is 12.3 Å². The molecular formula is C16H14N2O. The smallest absolute Gasteiger partial charge is 0.140 e. The van der Waals surface area contributed by atoms with Crippen LogP contribution in [0.3, 0.4) is 0 Å². The molecule has 0 fully saturated rings. The molecule has 3 aromatic rings. The van der Waals surface area contributed by atoms with Crippen molar-refractivity contribution in [2.45, 2.75) is 6.54 Å². The van der Waals surface area contributed by atoms with Gasteiger partial charge in [0.05, 0.1) is 0 Å². The fraction of sp³-hybridized carbons (Fsp3) is 0.0625. The van der Waals surface area contributed by atoms with Crippen LogP contribution in [0.25, 0.3) is 11.4 Å². The Hall–Kier alpha value is -2.55. The van der Waals surface area contributed by atoms with Gasteiger partial charge in [0.25, 0.3) is 0 Å². The molecule has 3 rings (SSSR count). The van der Waals surface area contributed by atoms with E-state index >= 15 is 0 Å². The summed E-state index contributed by atoms with van der Waals surface area (Å²) < 4.78 is 2.07. The van der Waals surface area contributed by atoms with E-state index in [1.54, 1.807) is 18.3 Å².